The van der Waals surface area contributed by atoms with Crippen LogP contribution in [0, 0.1) is 6.92 Å². The van der Waals surface area contributed by atoms with Crippen molar-refractivity contribution >= 4 is 5.91 Å². The average molecular weight is 365 g/mol. The van der Waals surface area contributed by atoms with Gasteiger partial charge < -0.3 is 4.90 Å². The zero-order chi connectivity index (χ0) is 18.8. The number of pyridine rings is 2. The van der Waals surface area contributed by atoms with E-state index in [1.807, 2.05) is 31.2 Å². The first kappa shape index (κ1) is 17.3. The smallest absolute Gasteiger partial charge is 0.274 e. The minimum Gasteiger partial charge on any atom is -0.332 e. The Labute approximate surface area is 156 Å². The summed E-state index contributed by atoms with van der Waals surface area (Å²) in [6.45, 7) is 2.00. The summed E-state index contributed by atoms with van der Waals surface area (Å²) in [5.74, 6) is -0.244. The van der Waals surface area contributed by atoms with Gasteiger partial charge in [-0.15, -0.1) is 0 Å². The van der Waals surface area contributed by atoms with E-state index in [2.05, 4.69) is 15.1 Å². The number of aromatic nitrogens is 4. The fraction of sp³-hybridized carbons (Fsp3) is 0.300. The Bertz CT molecular complexity index is 939. The second kappa shape index (κ2) is 7.26. The van der Waals surface area contributed by atoms with Crippen LogP contribution in [0.15, 0.2) is 48.9 Å². The Balaban J connectivity index is 1.78. The van der Waals surface area contributed by atoms with Gasteiger partial charge in [0.25, 0.3) is 5.91 Å². The highest BCUT2D eigenvalue weighted by Gasteiger charge is 2.31. The second-order valence-corrected chi connectivity index (χ2v) is 6.71. The van der Waals surface area contributed by atoms with Crippen LogP contribution in [0.25, 0.3) is 17.1 Å². The highest BCUT2D eigenvalue weighted by molar-refractivity contribution is 5.94. The number of halogens is 1. The molecule has 0 N–H and O–H groups in total. The van der Waals surface area contributed by atoms with Crippen LogP contribution in [-0.2, 0) is 0 Å². The molecule has 1 fully saturated rings. The first-order chi connectivity index (χ1) is 13.2. The van der Waals surface area contributed by atoms with Crippen molar-refractivity contribution in [3.05, 3.63) is 60.2 Å². The Morgan fingerprint density at radius 1 is 1.30 bits per heavy atom. The third-order valence-electron chi connectivity index (χ3n) is 4.81. The van der Waals surface area contributed by atoms with Crippen LogP contribution in [-0.4, -0.2) is 49.8 Å². The van der Waals surface area contributed by atoms with Crippen molar-refractivity contribution in [2.75, 3.05) is 13.2 Å². The van der Waals surface area contributed by atoms with Gasteiger partial charge in [-0.1, -0.05) is 6.07 Å². The summed E-state index contributed by atoms with van der Waals surface area (Å²) in [4.78, 5) is 23.1. The highest BCUT2D eigenvalue weighted by atomic mass is 19.1. The van der Waals surface area contributed by atoms with Gasteiger partial charge in [0, 0.05) is 18.9 Å². The fourth-order valence-corrected chi connectivity index (χ4v) is 3.37. The predicted molar refractivity (Wildman–Crippen MR) is 99.4 cm³/mol. The van der Waals surface area contributed by atoms with Gasteiger partial charge in [-0.3, -0.25) is 14.8 Å². The maximum absolute atomic E-state index is 13.2. The molecule has 0 spiro atoms. The maximum Gasteiger partial charge on any atom is 0.274 e. The molecule has 0 bridgehead atoms. The maximum atomic E-state index is 13.2. The van der Waals surface area contributed by atoms with Crippen LogP contribution in [0.3, 0.4) is 0 Å². The lowest BCUT2D eigenvalue weighted by Crippen LogP contribution is -2.37. The number of carbonyl (C=O) groups excluding carboxylic acids is 1. The van der Waals surface area contributed by atoms with E-state index in [0.717, 1.165) is 17.7 Å². The van der Waals surface area contributed by atoms with E-state index in [0.29, 0.717) is 24.4 Å². The molecule has 27 heavy (non-hydrogen) atoms. The quantitative estimate of drug-likeness (QED) is 0.712. The Kier molecular flexibility index (Phi) is 4.66. The van der Waals surface area contributed by atoms with Gasteiger partial charge >= 0.3 is 0 Å². The largest absolute Gasteiger partial charge is 0.332 e. The van der Waals surface area contributed by atoms with Gasteiger partial charge in [0.15, 0.2) is 5.69 Å². The lowest BCUT2D eigenvalue weighted by molar-refractivity contribution is 0.0710. The Hall–Kier alpha value is -3.09. The van der Waals surface area contributed by atoms with Gasteiger partial charge in [-0.05, 0) is 49.6 Å². The molecule has 1 aliphatic rings. The molecule has 4 rings (SSSR count). The lowest BCUT2D eigenvalue weighted by atomic mass is 10.2. The summed E-state index contributed by atoms with van der Waals surface area (Å²) < 4.78 is 14.9. The molecule has 138 valence electrons. The molecule has 0 radical (unpaired) electrons. The van der Waals surface area contributed by atoms with Crippen LogP contribution in [0.2, 0.25) is 0 Å². The molecule has 0 aromatic carbocycles. The highest BCUT2D eigenvalue weighted by Crippen LogP contribution is 2.25. The van der Waals surface area contributed by atoms with Crippen LogP contribution >= 0.6 is 0 Å². The normalized spacial score (nSPS) is 16.7. The van der Waals surface area contributed by atoms with Crippen molar-refractivity contribution < 1.29 is 9.18 Å². The number of hydrogen-bond acceptors (Lipinski definition) is 4. The number of hydrogen-bond donors (Lipinski definition) is 0. The van der Waals surface area contributed by atoms with Crippen molar-refractivity contribution in [2.24, 2.45) is 0 Å². The fourth-order valence-electron chi connectivity index (χ4n) is 3.37. The van der Waals surface area contributed by atoms with Gasteiger partial charge in [-0.25, -0.2) is 9.07 Å². The molecule has 0 unspecified atom stereocenters. The van der Waals surface area contributed by atoms with Gasteiger partial charge in [-0.2, -0.15) is 5.10 Å². The molecule has 0 aliphatic carbocycles. The summed E-state index contributed by atoms with van der Waals surface area (Å²) >= 11 is 0. The number of rotatable bonds is 4. The monoisotopic (exact) mass is 365 g/mol. The zero-order valence-corrected chi connectivity index (χ0v) is 15.0. The lowest BCUT2D eigenvalue weighted by Gasteiger charge is -2.21. The third-order valence-corrected chi connectivity index (χ3v) is 4.81. The van der Waals surface area contributed by atoms with E-state index in [1.165, 1.54) is 0 Å². The second-order valence-electron chi connectivity index (χ2n) is 6.71. The molecule has 6 nitrogen and oxygen atoms in total. The van der Waals surface area contributed by atoms with Crippen molar-refractivity contribution in [1.82, 2.24) is 24.6 Å². The van der Waals surface area contributed by atoms with E-state index in [9.17, 15) is 9.18 Å². The molecule has 1 saturated heterocycles. The average Bonchev–Trinajstić information content (AvgIpc) is 3.36. The summed E-state index contributed by atoms with van der Waals surface area (Å²) in [5, 5.41) is 4.52. The molecule has 1 atom stereocenters. The third kappa shape index (κ3) is 3.32. The molecular weight excluding hydrogens is 345 g/mol. The minimum absolute atomic E-state index is 0.244. The van der Waals surface area contributed by atoms with Crippen LogP contribution in [0.5, 0.6) is 0 Å². The standard InChI is InChI=1S/C20H20FN5O/c1-14-6-7-17(23-12-14)19-10-18(20(27)25-9-3-5-15(25)11-21)24-26(19)16-4-2-8-22-13-16/h2,4,6-8,10,12-13,15H,3,5,9,11H2,1H3/t15-/m0/s1. The summed E-state index contributed by atoms with van der Waals surface area (Å²) in [5.41, 5.74) is 3.47. The van der Waals surface area contributed by atoms with Gasteiger partial charge in [0.05, 0.1) is 29.3 Å². The summed E-state index contributed by atoms with van der Waals surface area (Å²) in [7, 11) is 0. The molecule has 1 aliphatic heterocycles. The first-order valence-electron chi connectivity index (χ1n) is 8.98. The summed E-state index contributed by atoms with van der Waals surface area (Å²) in [6, 6.07) is 8.90. The number of aryl methyl sites for hydroxylation is 1. The number of likely N-dealkylation sites (tertiary alicyclic amines) is 1. The molecule has 3 aromatic rings. The molecular formula is C20H20FN5O. The Morgan fingerprint density at radius 2 is 2.19 bits per heavy atom. The van der Waals surface area contributed by atoms with Crippen LogP contribution < -0.4 is 0 Å². The van der Waals surface area contributed by atoms with E-state index in [-0.39, 0.29) is 17.6 Å². The van der Waals surface area contributed by atoms with Crippen molar-refractivity contribution in [1.29, 1.82) is 0 Å². The van der Waals surface area contributed by atoms with Crippen LogP contribution in [0.1, 0.15) is 28.9 Å². The van der Waals surface area contributed by atoms with Crippen molar-refractivity contribution in [3.8, 4) is 17.1 Å². The van der Waals surface area contributed by atoms with Gasteiger partial charge in [0.1, 0.15) is 6.67 Å². The topological polar surface area (TPSA) is 63.9 Å². The van der Waals surface area contributed by atoms with E-state index < -0.39 is 6.67 Å². The van der Waals surface area contributed by atoms with E-state index in [4.69, 9.17) is 0 Å². The number of amides is 1. The SMILES string of the molecule is Cc1ccc(-c2cc(C(=O)N3CCC[C@H]3CF)nn2-c2cccnc2)nc1. The molecule has 4 heterocycles. The van der Waals surface area contributed by atoms with Crippen molar-refractivity contribution in [2.45, 2.75) is 25.8 Å². The zero-order valence-electron chi connectivity index (χ0n) is 15.0. The van der Waals surface area contributed by atoms with Crippen molar-refractivity contribution in [3.63, 3.8) is 0 Å². The van der Waals surface area contributed by atoms with E-state index in [1.54, 1.807) is 34.2 Å². The number of nitrogens with zero attached hydrogens (tertiary/aromatic N) is 5. The molecule has 0 saturated carbocycles. The van der Waals surface area contributed by atoms with E-state index >= 15 is 0 Å². The molecule has 1 amide bonds. The summed E-state index contributed by atoms with van der Waals surface area (Å²) in [6.07, 6.45) is 6.64. The number of alkyl halides is 1. The molecule has 3 aromatic heterocycles. The molecule has 7 heteroatoms. The Morgan fingerprint density at radius 3 is 2.89 bits per heavy atom. The van der Waals surface area contributed by atoms with Gasteiger partial charge in [0.2, 0.25) is 0 Å². The number of carbonyl (C=O) groups is 1. The first-order valence-corrected chi connectivity index (χ1v) is 8.98. The van der Waals surface area contributed by atoms with Crippen LogP contribution in [0.4, 0.5) is 4.39 Å². The predicted octanol–water partition coefficient (Wildman–Crippen LogP) is 3.21. The minimum atomic E-state index is -0.526.